The van der Waals surface area contributed by atoms with Crippen LogP contribution < -0.4 is 10.6 Å². The predicted octanol–water partition coefficient (Wildman–Crippen LogP) is 2.91. The number of aromatic amines is 1. The highest BCUT2D eigenvalue weighted by atomic mass is 16.5. The molecule has 0 fully saturated rings. The molecule has 1 heterocycles. The van der Waals surface area contributed by atoms with E-state index in [1.54, 1.807) is 14.0 Å². The van der Waals surface area contributed by atoms with Crippen LogP contribution >= 0.6 is 0 Å². The number of hydrogen-bond acceptors (Lipinski definition) is 6. The Morgan fingerprint density at radius 1 is 1.00 bits per heavy atom. The molecule has 1 aromatic heterocycles. The van der Waals surface area contributed by atoms with Gasteiger partial charge in [0.25, 0.3) is 0 Å². The number of aromatic nitrogens is 1. The molecule has 2 aromatic carbocycles. The van der Waals surface area contributed by atoms with Crippen molar-refractivity contribution in [2.45, 2.75) is 32.0 Å². The fraction of sp³-hybridized carbons (Fsp3) is 0.333. The first-order valence-electron chi connectivity index (χ1n) is 10.4. The molecule has 0 amide bonds. The van der Waals surface area contributed by atoms with Crippen molar-refractivity contribution in [1.29, 1.82) is 0 Å². The summed E-state index contributed by atoms with van der Waals surface area (Å²) in [6, 6.07) is 17.5. The molecule has 0 saturated carbocycles. The molecular weight excluding hydrogens is 394 g/mol. The van der Waals surface area contributed by atoms with Gasteiger partial charge in [-0.1, -0.05) is 48.5 Å². The first kappa shape index (κ1) is 22.5. The van der Waals surface area contributed by atoms with Crippen LogP contribution in [-0.2, 0) is 32.1 Å². The van der Waals surface area contributed by atoms with E-state index in [9.17, 15) is 9.59 Å². The lowest BCUT2D eigenvalue weighted by Crippen LogP contribution is -2.59. The van der Waals surface area contributed by atoms with Gasteiger partial charge in [0, 0.05) is 23.5 Å². The van der Waals surface area contributed by atoms with Crippen molar-refractivity contribution >= 4 is 22.8 Å². The smallest absolute Gasteiger partial charge is 0.320 e. The summed E-state index contributed by atoms with van der Waals surface area (Å²) in [4.78, 5) is 28.0. The second-order valence-corrected chi connectivity index (χ2v) is 7.35. The molecule has 0 aliphatic carbocycles. The number of ether oxygens (including phenoxy) is 2. The van der Waals surface area contributed by atoms with E-state index in [0.717, 1.165) is 22.0 Å². The number of carbonyl (C=O) groups excluding carboxylic acids is 2. The molecule has 7 heteroatoms. The number of carbonyl (C=O) groups is 2. The molecular formula is C24H29N3O4. The largest absolute Gasteiger partial charge is 0.466 e. The van der Waals surface area contributed by atoms with Gasteiger partial charge in [0.1, 0.15) is 6.61 Å². The van der Waals surface area contributed by atoms with E-state index in [2.05, 4.69) is 15.6 Å². The highest BCUT2D eigenvalue weighted by Crippen LogP contribution is 2.23. The quantitative estimate of drug-likeness (QED) is 0.324. The minimum Gasteiger partial charge on any atom is -0.466 e. The fourth-order valence-corrected chi connectivity index (χ4v) is 3.54. The van der Waals surface area contributed by atoms with Gasteiger partial charge in [0.15, 0.2) is 0 Å². The monoisotopic (exact) mass is 423 g/mol. The molecule has 3 rings (SSSR count). The van der Waals surface area contributed by atoms with Crippen LogP contribution in [0.15, 0.2) is 60.8 Å². The van der Waals surface area contributed by atoms with E-state index in [0.29, 0.717) is 13.0 Å². The highest BCUT2D eigenvalue weighted by molar-refractivity contribution is 5.83. The van der Waals surface area contributed by atoms with Crippen LogP contribution in [0.2, 0.25) is 0 Å². The lowest BCUT2D eigenvalue weighted by atomic mass is 9.95. The van der Waals surface area contributed by atoms with E-state index in [4.69, 9.17) is 9.47 Å². The molecule has 1 unspecified atom stereocenters. The van der Waals surface area contributed by atoms with E-state index in [1.165, 1.54) is 0 Å². The predicted molar refractivity (Wildman–Crippen MR) is 119 cm³/mol. The van der Waals surface area contributed by atoms with Gasteiger partial charge in [-0.05, 0) is 31.2 Å². The summed E-state index contributed by atoms with van der Waals surface area (Å²) in [6.45, 7) is 2.22. The first-order valence-corrected chi connectivity index (χ1v) is 10.4. The Balaban J connectivity index is 1.71. The summed E-state index contributed by atoms with van der Waals surface area (Å²) >= 11 is 0. The van der Waals surface area contributed by atoms with Crippen molar-refractivity contribution in [2.75, 3.05) is 20.2 Å². The molecule has 164 valence electrons. The van der Waals surface area contributed by atoms with Crippen LogP contribution in [0.25, 0.3) is 10.9 Å². The van der Waals surface area contributed by atoms with Crippen molar-refractivity contribution in [3.8, 4) is 0 Å². The number of hydrogen-bond donors (Lipinski definition) is 3. The van der Waals surface area contributed by atoms with Crippen molar-refractivity contribution in [3.63, 3.8) is 0 Å². The maximum atomic E-state index is 12.4. The van der Waals surface area contributed by atoms with Crippen LogP contribution in [0.1, 0.15) is 24.5 Å². The zero-order valence-corrected chi connectivity index (χ0v) is 17.9. The minimum absolute atomic E-state index is 0.0462. The Morgan fingerprint density at radius 3 is 2.48 bits per heavy atom. The number of fused-ring (bicyclic) bond motifs is 1. The molecule has 1 atom stereocenters. The van der Waals surface area contributed by atoms with E-state index >= 15 is 0 Å². The topological polar surface area (TPSA) is 92.5 Å². The van der Waals surface area contributed by atoms with E-state index in [-0.39, 0.29) is 25.5 Å². The van der Waals surface area contributed by atoms with Gasteiger partial charge in [-0.2, -0.15) is 0 Å². The van der Waals surface area contributed by atoms with E-state index < -0.39 is 11.6 Å². The lowest BCUT2D eigenvalue weighted by Gasteiger charge is -2.33. The molecule has 31 heavy (non-hydrogen) atoms. The van der Waals surface area contributed by atoms with Crippen LogP contribution in [0.3, 0.4) is 0 Å². The first-order chi connectivity index (χ1) is 15.0. The third-order valence-electron chi connectivity index (χ3n) is 5.21. The van der Waals surface area contributed by atoms with Crippen molar-refractivity contribution in [2.24, 2.45) is 0 Å². The van der Waals surface area contributed by atoms with Crippen molar-refractivity contribution < 1.29 is 19.1 Å². The molecule has 7 nitrogen and oxygen atoms in total. The zero-order chi connectivity index (χ0) is 22.1. The molecule has 0 saturated heterocycles. The second-order valence-electron chi connectivity index (χ2n) is 7.35. The second kappa shape index (κ2) is 10.7. The summed E-state index contributed by atoms with van der Waals surface area (Å²) in [5.74, 6) is -0.742. The SMILES string of the molecule is CCOC(=O)CC(Cc1c[nH]c2ccccc12)(NC)NCC(=O)OCc1ccccc1. The number of benzene rings is 2. The summed E-state index contributed by atoms with van der Waals surface area (Å²) in [6.07, 6.45) is 2.46. The van der Waals surface area contributed by atoms with Gasteiger partial charge in [0.05, 0.1) is 25.2 Å². The van der Waals surface area contributed by atoms with Gasteiger partial charge >= 0.3 is 11.9 Å². The fourth-order valence-electron chi connectivity index (χ4n) is 3.54. The molecule has 0 aliphatic heterocycles. The maximum absolute atomic E-state index is 12.4. The number of esters is 2. The Kier molecular flexibility index (Phi) is 7.81. The zero-order valence-electron chi connectivity index (χ0n) is 17.9. The van der Waals surface area contributed by atoms with Crippen LogP contribution in [0.5, 0.6) is 0 Å². The highest BCUT2D eigenvalue weighted by Gasteiger charge is 2.33. The van der Waals surface area contributed by atoms with Crippen molar-refractivity contribution in [3.05, 3.63) is 71.9 Å². The summed E-state index contributed by atoms with van der Waals surface area (Å²) in [5.41, 5.74) is 2.09. The van der Waals surface area contributed by atoms with Crippen LogP contribution in [0, 0.1) is 0 Å². The number of likely N-dealkylation sites (N-methyl/N-ethyl adjacent to an activating group) is 1. The maximum Gasteiger partial charge on any atom is 0.320 e. The van der Waals surface area contributed by atoms with Gasteiger partial charge in [-0.3, -0.25) is 14.9 Å². The number of para-hydroxylation sites is 1. The number of rotatable bonds is 11. The Morgan fingerprint density at radius 2 is 1.74 bits per heavy atom. The average molecular weight is 424 g/mol. The average Bonchev–Trinajstić information content (AvgIpc) is 3.19. The van der Waals surface area contributed by atoms with Gasteiger partial charge in [0.2, 0.25) is 0 Å². The molecule has 0 bridgehead atoms. The Labute approximate surface area is 182 Å². The van der Waals surface area contributed by atoms with Crippen LogP contribution in [-0.4, -0.2) is 42.8 Å². The number of H-pyrrole nitrogens is 1. The third kappa shape index (κ3) is 6.16. The number of nitrogens with one attached hydrogen (secondary N) is 3. The summed E-state index contributed by atoms with van der Waals surface area (Å²) in [5, 5.41) is 7.48. The van der Waals surface area contributed by atoms with Gasteiger partial charge < -0.3 is 19.8 Å². The molecule has 0 spiro atoms. The molecule has 0 aliphatic rings. The molecule has 0 radical (unpaired) electrons. The minimum atomic E-state index is -0.872. The summed E-state index contributed by atoms with van der Waals surface area (Å²) in [7, 11) is 1.76. The van der Waals surface area contributed by atoms with Crippen molar-refractivity contribution in [1.82, 2.24) is 15.6 Å². The third-order valence-corrected chi connectivity index (χ3v) is 5.21. The molecule has 3 N–H and O–H groups in total. The van der Waals surface area contributed by atoms with Gasteiger partial charge in [-0.15, -0.1) is 0 Å². The summed E-state index contributed by atoms with van der Waals surface area (Å²) < 4.78 is 10.5. The molecule has 3 aromatic rings. The Hall–Kier alpha value is -3.16. The lowest BCUT2D eigenvalue weighted by molar-refractivity contribution is -0.148. The van der Waals surface area contributed by atoms with E-state index in [1.807, 2.05) is 60.8 Å². The normalized spacial score (nSPS) is 13.0. The van der Waals surface area contributed by atoms with Crippen LogP contribution in [0.4, 0.5) is 0 Å². The van der Waals surface area contributed by atoms with Gasteiger partial charge in [-0.25, -0.2) is 0 Å². The Bertz CT molecular complexity index is 1000. The standard InChI is InChI=1S/C24H29N3O4/c1-3-30-22(28)14-24(25-2,13-19-15-26-21-12-8-7-11-20(19)21)27-16-23(29)31-17-18-9-5-4-6-10-18/h4-12,15,25-27H,3,13-14,16-17H2,1-2H3.